The van der Waals surface area contributed by atoms with Gasteiger partial charge in [0.25, 0.3) is 0 Å². The van der Waals surface area contributed by atoms with Gasteiger partial charge in [0, 0.05) is 17.7 Å². The van der Waals surface area contributed by atoms with Gasteiger partial charge in [-0.05, 0) is 37.4 Å². The van der Waals surface area contributed by atoms with Crippen LogP contribution in [0.15, 0.2) is 24.3 Å². The quantitative estimate of drug-likeness (QED) is 0.781. The van der Waals surface area contributed by atoms with E-state index in [1.54, 1.807) is 0 Å². The summed E-state index contributed by atoms with van der Waals surface area (Å²) in [6.45, 7) is 10.3. The molecule has 0 aliphatic rings. The highest BCUT2D eigenvalue weighted by molar-refractivity contribution is 6.31. The van der Waals surface area contributed by atoms with Crippen LogP contribution in [0.5, 0.6) is 0 Å². The highest BCUT2D eigenvalue weighted by atomic mass is 35.5. The smallest absolute Gasteiger partial charge is 0.0753 e. The van der Waals surface area contributed by atoms with Crippen molar-refractivity contribution in [2.75, 3.05) is 13.2 Å². The van der Waals surface area contributed by atoms with E-state index in [9.17, 15) is 0 Å². The summed E-state index contributed by atoms with van der Waals surface area (Å²) in [7, 11) is 0. The molecular formula is C16H26ClNO. The Morgan fingerprint density at radius 3 is 2.42 bits per heavy atom. The molecule has 0 heterocycles. The van der Waals surface area contributed by atoms with Gasteiger partial charge in [-0.3, -0.25) is 0 Å². The highest BCUT2D eigenvalue weighted by Crippen LogP contribution is 2.21. The molecule has 0 aliphatic carbocycles. The minimum Gasteiger partial charge on any atom is -0.377 e. The van der Waals surface area contributed by atoms with Crippen LogP contribution in [0.4, 0.5) is 0 Å². The van der Waals surface area contributed by atoms with Crippen LogP contribution in [0.25, 0.3) is 0 Å². The monoisotopic (exact) mass is 283 g/mol. The molecule has 0 spiro atoms. The van der Waals surface area contributed by atoms with Crippen molar-refractivity contribution in [3.05, 3.63) is 34.9 Å². The maximum absolute atomic E-state index is 6.26. The summed E-state index contributed by atoms with van der Waals surface area (Å²) in [5.74, 6) is 0.478. The van der Waals surface area contributed by atoms with Crippen LogP contribution in [0.3, 0.4) is 0 Å². The molecule has 0 aliphatic heterocycles. The molecule has 2 nitrogen and oxygen atoms in total. The number of hydrogen-bond donors (Lipinski definition) is 1. The molecule has 1 aromatic carbocycles. The van der Waals surface area contributed by atoms with Gasteiger partial charge in [-0.25, -0.2) is 0 Å². The van der Waals surface area contributed by atoms with Gasteiger partial charge >= 0.3 is 0 Å². The summed E-state index contributed by atoms with van der Waals surface area (Å²) in [5, 5.41) is 4.38. The maximum Gasteiger partial charge on any atom is 0.0753 e. The van der Waals surface area contributed by atoms with Crippen molar-refractivity contribution in [2.45, 2.75) is 46.3 Å². The third-order valence-corrected chi connectivity index (χ3v) is 3.65. The number of benzene rings is 1. The summed E-state index contributed by atoms with van der Waals surface area (Å²) < 4.78 is 5.92. The summed E-state index contributed by atoms with van der Waals surface area (Å²) >= 11 is 6.26. The average Bonchev–Trinajstić information content (AvgIpc) is 2.37. The van der Waals surface area contributed by atoms with Crippen LogP contribution in [0.2, 0.25) is 5.02 Å². The molecule has 0 amide bonds. The van der Waals surface area contributed by atoms with Crippen LogP contribution >= 0.6 is 11.6 Å². The fraction of sp³-hybridized carbons (Fsp3) is 0.625. The number of rotatable bonds is 8. The zero-order chi connectivity index (χ0) is 14.3. The molecule has 0 fully saturated rings. The Kier molecular flexibility index (Phi) is 7.44. The van der Waals surface area contributed by atoms with Gasteiger partial charge in [0.05, 0.1) is 6.10 Å². The summed E-state index contributed by atoms with van der Waals surface area (Å²) in [6, 6.07) is 8.34. The molecule has 1 N–H and O–H groups in total. The van der Waals surface area contributed by atoms with E-state index in [0.29, 0.717) is 12.0 Å². The number of ether oxygens (including phenoxy) is 1. The highest BCUT2D eigenvalue weighted by Gasteiger charge is 2.25. The Hall–Kier alpha value is -0.570. The SMILES string of the molecule is CCNC(Cc1ccccc1Cl)C(OCC)C(C)C. The number of halogens is 1. The van der Waals surface area contributed by atoms with E-state index in [4.69, 9.17) is 16.3 Å². The normalized spacial score (nSPS) is 14.6. The number of hydrogen-bond acceptors (Lipinski definition) is 2. The second-order valence-electron chi connectivity index (χ2n) is 5.12. The van der Waals surface area contributed by atoms with Gasteiger partial charge < -0.3 is 10.1 Å². The fourth-order valence-corrected chi connectivity index (χ4v) is 2.65. The van der Waals surface area contributed by atoms with E-state index in [1.165, 1.54) is 5.56 Å². The van der Waals surface area contributed by atoms with Crippen molar-refractivity contribution in [1.82, 2.24) is 5.32 Å². The Balaban J connectivity index is 2.84. The zero-order valence-corrected chi connectivity index (χ0v) is 13.2. The summed E-state index contributed by atoms with van der Waals surface area (Å²) in [6.07, 6.45) is 1.11. The molecule has 3 heteroatoms. The molecule has 0 bridgehead atoms. The second kappa shape index (κ2) is 8.57. The van der Waals surface area contributed by atoms with Crippen LogP contribution in [-0.2, 0) is 11.2 Å². The lowest BCUT2D eigenvalue weighted by Gasteiger charge is -2.31. The number of likely N-dealkylation sites (N-methyl/N-ethyl adjacent to an activating group) is 1. The lowest BCUT2D eigenvalue weighted by molar-refractivity contribution is 0.00396. The summed E-state index contributed by atoms with van der Waals surface area (Å²) in [4.78, 5) is 0. The van der Waals surface area contributed by atoms with Crippen molar-refractivity contribution in [3.63, 3.8) is 0 Å². The average molecular weight is 284 g/mol. The first kappa shape index (κ1) is 16.5. The molecule has 0 saturated heterocycles. The molecule has 108 valence electrons. The first-order chi connectivity index (χ1) is 9.10. The van der Waals surface area contributed by atoms with E-state index in [0.717, 1.165) is 24.6 Å². The first-order valence-corrected chi connectivity index (χ1v) is 7.56. The van der Waals surface area contributed by atoms with Gasteiger partial charge in [-0.1, -0.05) is 50.6 Å². The van der Waals surface area contributed by atoms with E-state index < -0.39 is 0 Å². The first-order valence-electron chi connectivity index (χ1n) is 7.18. The van der Waals surface area contributed by atoms with Gasteiger partial charge in [-0.15, -0.1) is 0 Å². The predicted molar refractivity (Wildman–Crippen MR) is 82.9 cm³/mol. The molecular weight excluding hydrogens is 258 g/mol. The molecule has 1 aromatic rings. The topological polar surface area (TPSA) is 21.3 Å². The zero-order valence-electron chi connectivity index (χ0n) is 12.4. The van der Waals surface area contributed by atoms with E-state index in [-0.39, 0.29) is 6.10 Å². The van der Waals surface area contributed by atoms with Gasteiger partial charge in [0.15, 0.2) is 0 Å². The molecule has 0 radical (unpaired) electrons. The van der Waals surface area contributed by atoms with Crippen LogP contribution < -0.4 is 5.32 Å². The van der Waals surface area contributed by atoms with Gasteiger partial charge in [-0.2, -0.15) is 0 Å². The molecule has 0 aromatic heterocycles. The molecule has 2 atom stereocenters. The second-order valence-corrected chi connectivity index (χ2v) is 5.53. The van der Waals surface area contributed by atoms with Crippen molar-refractivity contribution in [2.24, 2.45) is 5.92 Å². The largest absolute Gasteiger partial charge is 0.377 e. The Bertz CT molecular complexity index is 368. The third kappa shape index (κ3) is 5.13. The number of nitrogens with one attached hydrogen (secondary N) is 1. The van der Waals surface area contributed by atoms with Crippen molar-refractivity contribution >= 4 is 11.6 Å². The minimum atomic E-state index is 0.209. The van der Waals surface area contributed by atoms with E-state index in [2.05, 4.69) is 32.2 Å². The Morgan fingerprint density at radius 1 is 1.21 bits per heavy atom. The van der Waals surface area contributed by atoms with Gasteiger partial charge in [0.1, 0.15) is 0 Å². The standard InChI is InChI=1S/C16H26ClNO/c1-5-18-15(16(12(3)4)19-6-2)11-13-9-7-8-10-14(13)17/h7-10,12,15-16,18H,5-6,11H2,1-4H3. The lowest BCUT2D eigenvalue weighted by Crippen LogP contribution is -2.45. The predicted octanol–water partition coefficient (Wildman–Crippen LogP) is 3.92. The van der Waals surface area contributed by atoms with E-state index in [1.807, 2.05) is 25.1 Å². The molecule has 0 saturated carbocycles. The molecule has 2 unspecified atom stereocenters. The van der Waals surface area contributed by atoms with Crippen LogP contribution in [0, 0.1) is 5.92 Å². The fourth-order valence-electron chi connectivity index (χ4n) is 2.43. The van der Waals surface area contributed by atoms with Crippen LogP contribution in [0.1, 0.15) is 33.3 Å². The summed E-state index contributed by atoms with van der Waals surface area (Å²) in [5.41, 5.74) is 1.18. The Morgan fingerprint density at radius 2 is 1.89 bits per heavy atom. The van der Waals surface area contributed by atoms with Crippen molar-refractivity contribution < 1.29 is 4.74 Å². The lowest BCUT2D eigenvalue weighted by atomic mass is 9.93. The van der Waals surface area contributed by atoms with Crippen LogP contribution in [-0.4, -0.2) is 25.3 Å². The maximum atomic E-state index is 6.26. The van der Waals surface area contributed by atoms with E-state index >= 15 is 0 Å². The Labute approximate surface area is 122 Å². The molecule has 1 rings (SSSR count). The van der Waals surface area contributed by atoms with Crippen molar-refractivity contribution in [1.29, 1.82) is 0 Å². The third-order valence-electron chi connectivity index (χ3n) is 3.28. The minimum absolute atomic E-state index is 0.209. The molecule has 19 heavy (non-hydrogen) atoms. The van der Waals surface area contributed by atoms with Gasteiger partial charge in [0.2, 0.25) is 0 Å². The van der Waals surface area contributed by atoms with Crippen molar-refractivity contribution in [3.8, 4) is 0 Å².